The van der Waals surface area contributed by atoms with Gasteiger partial charge in [-0.3, -0.25) is 0 Å². The van der Waals surface area contributed by atoms with Crippen molar-refractivity contribution in [3.63, 3.8) is 0 Å². The number of ether oxygens (including phenoxy) is 1. The van der Waals surface area contributed by atoms with E-state index >= 15 is 0 Å². The van der Waals surface area contributed by atoms with Crippen molar-refractivity contribution in [3.8, 4) is 0 Å². The van der Waals surface area contributed by atoms with Crippen molar-refractivity contribution in [1.82, 2.24) is 0 Å². The normalized spacial score (nSPS) is 13.8. The van der Waals surface area contributed by atoms with Crippen LogP contribution in [0, 0.1) is 5.41 Å². The van der Waals surface area contributed by atoms with Crippen LogP contribution in [0.3, 0.4) is 0 Å². The Morgan fingerprint density at radius 3 is 2.31 bits per heavy atom. The van der Waals surface area contributed by atoms with Crippen LogP contribution in [-0.2, 0) is 11.3 Å². The molecule has 0 aliphatic heterocycles. The first-order chi connectivity index (χ1) is 7.51. The quantitative estimate of drug-likeness (QED) is 0.801. The number of nitrogens with two attached hydrogens (primary N) is 1. The van der Waals surface area contributed by atoms with Crippen LogP contribution in [0.1, 0.15) is 31.1 Å². The summed E-state index contributed by atoms with van der Waals surface area (Å²) in [7, 11) is 1.67. The Morgan fingerprint density at radius 1 is 1.31 bits per heavy atom. The Labute approximate surface area is 97.2 Å². The van der Waals surface area contributed by atoms with Gasteiger partial charge in [-0.05, 0) is 11.1 Å². The van der Waals surface area contributed by atoms with Crippen LogP contribution in [0.5, 0.6) is 0 Å². The minimum Gasteiger partial charge on any atom is -0.388 e. The zero-order valence-electron chi connectivity index (χ0n) is 10.2. The Morgan fingerprint density at radius 2 is 1.88 bits per heavy atom. The summed E-state index contributed by atoms with van der Waals surface area (Å²) in [5.74, 6) is 0. The lowest BCUT2D eigenvalue weighted by Gasteiger charge is -2.29. The number of aliphatic hydroxyl groups excluding tert-OH is 1. The highest BCUT2D eigenvalue weighted by atomic mass is 16.5. The highest BCUT2D eigenvalue weighted by molar-refractivity contribution is 5.25. The summed E-state index contributed by atoms with van der Waals surface area (Å²) in [5.41, 5.74) is 7.34. The van der Waals surface area contributed by atoms with Crippen LogP contribution in [0.2, 0.25) is 0 Å². The third-order valence-corrected chi connectivity index (χ3v) is 2.87. The SMILES string of the molecule is COCc1ccc(C(O)C(C)(C)CN)cc1. The molecule has 0 saturated heterocycles. The fourth-order valence-corrected chi connectivity index (χ4v) is 1.53. The van der Waals surface area contributed by atoms with Crippen molar-refractivity contribution in [2.24, 2.45) is 11.1 Å². The Hall–Kier alpha value is -0.900. The van der Waals surface area contributed by atoms with E-state index in [1.54, 1.807) is 7.11 Å². The fourth-order valence-electron chi connectivity index (χ4n) is 1.53. The van der Waals surface area contributed by atoms with Crippen molar-refractivity contribution in [2.75, 3.05) is 13.7 Å². The topological polar surface area (TPSA) is 55.5 Å². The van der Waals surface area contributed by atoms with Gasteiger partial charge in [0.25, 0.3) is 0 Å². The average molecular weight is 223 g/mol. The van der Waals surface area contributed by atoms with Crippen molar-refractivity contribution in [3.05, 3.63) is 35.4 Å². The Balaban J connectivity index is 2.81. The molecule has 3 heteroatoms. The van der Waals surface area contributed by atoms with Gasteiger partial charge in [-0.1, -0.05) is 38.1 Å². The zero-order valence-corrected chi connectivity index (χ0v) is 10.2. The number of rotatable bonds is 5. The summed E-state index contributed by atoms with van der Waals surface area (Å²) in [4.78, 5) is 0. The number of aliphatic hydroxyl groups is 1. The molecule has 0 aliphatic carbocycles. The second-order valence-corrected chi connectivity index (χ2v) is 4.77. The van der Waals surface area contributed by atoms with Crippen molar-refractivity contribution in [1.29, 1.82) is 0 Å². The Kier molecular flexibility index (Phi) is 4.47. The van der Waals surface area contributed by atoms with E-state index in [1.165, 1.54) is 0 Å². The van der Waals surface area contributed by atoms with Gasteiger partial charge in [0.1, 0.15) is 0 Å². The molecule has 3 N–H and O–H groups in total. The third-order valence-electron chi connectivity index (χ3n) is 2.87. The standard InChI is InChI=1S/C13H21NO2/c1-13(2,9-14)12(15)11-6-4-10(5-7-11)8-16-3/h4-7,12,15H,8-9,14H2,1-3H3. The second kappa shape index (κ2) is 5.43. The lowest BCUT2D eigenvalue weighted by molar-refractivity contribution is 0.0555. The fraction of sp³-hybridized carbons (Fsp3) is 0.538. The lowest BCUT2D eigenvalue weighted by Crippen LogP contribution is -2.30. The van der Waals surface area contributed by atoms with Crippen molar-refractivity contribution in [2.45, 2.75) is 26.6 Å². The van der Waals surface area contributed by atoms with E-state index in [0.717, 1.165) is 11.1 Å². The van der Waals surface area contributed by atoms with Crippen LogP contribution in [-0.4, -0.2) is 18.8 Å². The minimum absolute atomic E-state index is 0.303. The first-order valence-electron chi connectivity index (χ1n) is 5.47. The van der Waals surface area contributed by atoms with Gasteiger partial charge in [0.2, 0.25) is 0 Å². The van der Waals surface area contributed by atoms with Crippen LogP contribution in [0.4, 0.5) is 0 Å². The minimum atomic E-state index is -0.533. The molecule has 0 bridgehead atoms. The van der Waals surface area contributed by atoms with E-state index in [0.29, 0.717) is 13.2 Å². The highest BCUT2D eigenvalue weighted by Crippen LogP contribution is 2.32. The van der Waals surface area contributed by atoms with Crippen molar-refractivity contribution >= 4 is 0 Å². The van der Waals surface area contributed by atoms with Gasteiger partial charge in [0, 0.05) is 19.1 Å². The molecule has 0 amide bonds. The summed E-state index contributed by atoms with van der Waals surface area (Å²) >= 11 is 0. The molecule has 1 aromatic carbocycles. The first-order valence-corrected chi connectivity index (χ1v) is 5.47. The maximum atomic E-state index is 10.2. The molecule has 1 unspecified atom stereocenters. The molecule has 0 spiro atoms. The van der Waals surface area contributed by atoms with Crippen LogP contribution in [0.25, 0.3) is 0 Å². The summed E-state index contributed by atoms with van der Waals surface area (Å²) < 4.78 is 5.03. The largest absolute Gasteiger partial charge is 0.388 e. The van der Waals surface area contributed by atoms with Gasteiger partial charge in [0.05, 0.1) is 12.7 Å². The molecule has 1 aromatic rings. The molecule has 0 heterocycles. The van der Waals surface area contributed by atoms with Crippen LogP contribution < -0.4 is 5.73 Å². The molecule has 1 rings (SSSR count). The molecule has 0 fully saturated rings. The summed E-state index contributed by atoms with van der Waals surface area (Å²) in [6.07, 6.45) is -0.533. The van der Waals surface area contributed by atoms with Gasteiger partial charge < -0.3 is 15.6 Å². The van der Waals surface area contributed by atoms with E-state index in [2.05, 4.69) is 0 Å². The first kappa shape index (κ1) is 13.2. The van der Waals surface area contributed by atoms with E-state index < -0.39 is 6.10 Å². The summed E-state index contributed by atoms with van der Waals surface area (Å²) in [6.45, 7) is 4.96. The van der Waals surface area contributed by atoms with E-state index in [4.69, 9.17) is 10.5 Å². The number of methoxy groups -OCH3 is 1. The van der Waals surface area contributed by atoms with E-state index in [-0.39, 0.29) is 5.41 Å². The molecular weight excluding hydrogens is 202 g/mol. The van der Waals surface area contributed by atoms with Crippen LogP contribution in [0.15, 0.2) is 24.3 Å². The highest BCUT2D eigenvalue weighted by Gasteiger charge is 2.27. The average Bonchev–Trinajstić information content (AvgIpc) is 2.29. The predicted molar refractivity (Wildman–Crippen MR) is 65.0 cm³/mol. The summed E-state index contributed by atoms with van der Waals surface area (Å²) in [6, 6.07) is 7.79. The molecular formula is C13H21NO2. The van der Waals surface area contributed by atoms with E-state index in [1.807, 2.05) is 38.1 Å². The molecule has 1 atom stereocenters. The molecule has 90 valence electrons. The van der Waals surface area contributed by atoms with Crippen molar-refractivity contribution < 1.29 is 9.84 Å². The number of benzene rings is 1. The molecule has 0 aromatic heterocycles. The van der Waals surface area contributed by atoms with E-state index in [9.17, 15) is 5.11 Å². The lowest BCUT2D eigenvalue weighted by atomic mass is 9.82. The van der Waals surface area contributed by atoms with Gasteiger partial charge in [-0.2, -0.15) is 0 Å². The maximum Gasteiger partial charge on any atom is 0.0852 e. The predicted octanol–water partition coefficient (Wildman–Crippen LogP) is 1.85. The molecule has 16 heavy (non-hydrogen) atoms. The zero-order chi connectivity index (χ0) is 12.2. The third kappa shape index (κ3) is 3.04. The summed E-state index contributed by atoms with van der Waals surface area (Å²) in [5, 5.41) is 10.2. The molecule has 0 radical (unpaired) electrons. The van der Waals surface area contributed by atoms with Gasteiger partial charge in [0.15, 0.2) is 0 Å². The molecule has 0 saturated carbocycles. The molecule has 0 aliphatic rings. The molecule has 3 nitrogen and oxygen atoms in total. The number of hydrogen-bond donors (Lipinski definition) is 2. The Bertz CT molecular complexity index is 319. The monoisotopic (exact) mass is 223 g/mol. The second-order valence-electron chi connectivity index (χ2n) is 4.77. The maximum absolute atomic E-state index is 10.2. The van der Waals surface area contributed by atoms with Gasteiger partial charge in [-0.15, -0.1) is 0 Å². The smallest absolute Gasteiger partial charge is 0.0852 e. The van der Waals surface area contributed by atoms with Crippen LogP contribution >= 0.6 is 0 Å². The van der Waals surface area contributed by atoms with Gasteiger partial charge in [-0.25, -0.2) is 0 Å². The van der Waals surface area contributed by atoms with Gasteiger partial charge >= 0.3 is 0 Å². The number of hydrogen-bond acceptors (Lipinski definition) is 3.